The van der Waals surface area contributed by atoms with Gasteiger partial charge in [0.25, 0.3) is 0 Å². The van der Waals surface area contributed by atoms with Crippen molar-refractivity contribution >= 4 is 0 Å². The summed E-state index contributed by atoms with van der Waals surface area (Å²) in [6, 6.07) is 3.59. The van der Waals surface area contributed by atoms with Crippen molar-refractivity contribution in [3.05, 3.63) is 54.1 Å². The number of imidazole rings is 2. The summed E-state index contributed by atoms with van der Waals surface area (Å²) in [6.07, 6.45) is 6.51. The minimum atomic E-state index is -0.397. The Morgan fingerprint density at radius 2 is 1.16 bits per heavy atom. The zero-order valence-electron chi connectivity index (χ0n) is 22.3. The molecule has 0 atom stereocenters. The second-order valence-electron chi connectivity index (χ2n) is 8.29. The van der Waals surface area contributed by atoms with Gasteiger partial charge in [0.05, 0.1) is 40.4 Å². The molecule has 0 aliphatic rings. The monoisotopic (exact) mass is 519 g/mol. The van der Waals surface area contributed by atoms with E-state index < -0.39 is 12.6 Å². The van der Waals surface area contributed by atoms with Crippen LogP contribution in [0.1, 0.15) is 17.2 Å². The van der Waals surface area contributed by atoms with Crippen LogP contribution in [0.15, 0.2) is 36.9 Å². The predicted octanol–water partition coefficient (Wildman–Crippen LogP) is 2.24. The van der Waals surface area contributed by atoms with E-state index in [1.807, 2.05) is 21.5 Å². The molecule has 3 rings (SSSR count). The molecule has 0 radical (unpaired) electrons. The van der Waals surface area contributed by atoms with Gasteiger partial charge in [-0.25, -0.2) is 9.97 Å². The molecule has 0 saturated carbocycles. The van der Waals surface area contributed by atoms with Crippen LogP contribution in [0.25, 0.3) is 0 Å². The van der Waals surface area contributed by atoms with E-state index >= 15 is 0 Å². The molecule has 1 aromatic carbocycles. The molecule has 0 saturated heterocycles. The third-order valence-electron chi connectivity index (χ3n) is 6.02. The number of ether oxygens (including phenoxy) is 6. The number of methoxy groups -OCH3 is 6. The van der Waals surface area contributed by atoms with Crippen molar-refractivity contribution in [2.75, 3.05) is 42.7 Å². The van der Waals surface area contributed by atoms with E-state index in [1.54, 1.807) is 53.0 Å². The molecule has 0 fully saturated rings. The van der Waals surface area contributed by atoms with Crippen LogP contribution in [0, 0.1) is 0 Å². The maximum absolute atomic E-state index is 10.4. The Kier molecular flexibility index (Phi) is 10.7. The quantitative estimate of drug-likeness (QED) is 0.283. The standard InChI is InChI=1S/C25H37N5O7/c1-32-19-11-18(12-20(33-2)25(19)31)13-28(14-21-26-7-9-29(21)16-23(34-3)35-4)15-22-27-8-10-30(22)17-24(36-5)37-6/h7-12,23-24,31H,13-17H2,1-6H3. The molecule has 0 unspecified atom stereocenters. The van der Waals surface area contributed by atoms with Crippen LogP contribution in [-0.2, 0) is 51.7 Å². The van der Waals surface area contributed by atoms with Crippen molar-refractivity contribution in [3.63, 3.8) is 0 Å². The Balaban J connectivity index is 1.91. The minimum Gasteiger partial charge on any atom is -0.502 e. The first kappa shape index (κ1) is 28.4. The Morgan fingerprint density at radius 3 is 1.54 bits per heavy atom. The van der Waals surface area contributed by atoms with Gasteiger partial charge >= 0.3 is 0 Å². The van der Waals surface area contributed by atoms with E-state index in [0.717, 1.165) is 17.2 Å². The van der Waals surface area contributed by atoms with E-state index in [2.05, 4.69) is 14.9 Å². The summed E-state index contributed by atoms with van der Waals surface area (Å²) in [6.45, 7) is 2.50. The number of aromatic nitrogens is 4. The normalized spacial score (nSPS) is 11.7. The Hall–Kier alpha value is -3.16. The van der Waals surface area contributed by atoms with Crippen LogP contribution >= 0.6 is 0 Å². The molecule has 0 aliphatic carbocycles. The van der Waals surface area contributed by atoms with Gasteiger partial charge in [0.2, 0.25) is 5.75 Å². The van der Waals surface area contributed by atoms with Gasteiger partial charge in [-0.1, -0.05) is 0 Å². The van der Waals surface area contributed by atoms with Crippen LogP contribution in [0.5, 0.6) is 17.2 Å². The first-order chi connectivity index (χ1) is 18.0. The Morgan fingerprint density at radius 1 is 0.730 bits per heavy atom. The predicted molar refractivity (Wildman–Crippen MR) is 134 cm³/mol. The summed E-state index contributed by atoms with van der Waals surface area (Å²) in [4.78, 5) is 11.3. The molecule has 0 bridgehead atoms. The zero-order chi connectivity index (χ0) is 26.8. The van der Waals surface area contributed by atoms with Crippen molar-refractivity contribution in [1.29, 1.82) is 0 Å². The van der Waals surface area contributed by atoms with Crippen molar-refractivity contribution in [2.45, 2.75) is 45.3 Å². The first-order valence-electron chi connectivity index (χ1n) is 11.7. The lowest BCUT2D eigenvalue weighted by atomic mass is 10.1. The lowest BCUT2D eigenvalue weighted by molar-refractivity contribution is -0.111. The lowest BCUT2D eigenvalue weighted by Crippen LogP contribution is -2.29. The zero-order valence-corrected chi connectivity index (χ0v) is 22.3. The smallest absolute Gasteiger partial charge is 0.200 e. The maximum Gasteiger partial charge on any atom is 0.200 e. The van der Waals surface area contributed by atoms with Crippen molar-refractivity contribution < 1.29 is 33.5 Å². The molecule has 0 amide bonds. The molecule has 3 aromatic rings. The van der Waals surface area contributed by atoms with Gasteiger partial charge < -0.3 is 42.7 Å². The largest absolute Gasteiger partial charge is 0.502 e. The fourth-order valence-corrected chi connectivity index (χ4v) is 3.99. The Labute approximate surface area is 217 Å². The first-order valence-corrected chi connectivity index (χ1v) is 11.7. The van der Waals surface area contributed by atoms with Crippen LogP contribution < -0.4 is 9.47 Å². The van der Waals surface area contributed by atoms with Crippen LogP contribution in [-0.4, -0.2) is 84.3 Å². The fraction of sp³-hybridized carbons (Fsp3) is 0.520. The van der Waals surface area contributed by atoms with Gasteiger partial charge in [0, 0.05) is 59.8 Å². The molecule has 0 spiro atoms. The van der Waals surface area contributed by atoms with E-state index in [1.165, 1.54) is 14.2 Å². The summed E-state index contributed by atoms with van der Waals surface area (Å²) < 4.78 is 36.2. The van der Waals surface area contributed by atoms with Crippen LogP contribution in [0.3, 0.4) is 0 Å². The van der Waals surface area contributed by atoms with Gasteiger partial charge in [-0.2, -0.15) is 0 Å². The van der Waals surface area contributed by atoms with Crippen molar-refractivity contribution in [3.8, 4) is 17.2 Å². The molecule has 12 heteroatoms. The summed E-state index contributed by atoms with van der Waals surface area (Å²) >= 11 is 0. The molecule has 37 heavy (non-hydrogen) atoms. The summed E-state index contributed by atoms with van der Waals surface area (Å²) in [5.41, 5.74) is 0.890. The van der Waals surface area contributed by atoms with E-state index in [0.29, 0.717) is 44.2 Å². The topological polar surface area (TPSA) is 114 Å². The van der Waals surface area contributed by atoms with Gasteiger partial charge in [-0.15, -0.1) is 0 Å². The second-order valence-corrected chi connectivity index (χ2v) is 8.29. The Bertz CT molecular complexity index is 1020. The van der Waals surface area contributed by atoms with E-state index in [9.17, 15) is 5.11 Å². The number of hydrogen-bond acceptors (Lipinski definition) is 10. The summed E-state index contributed by atoms with van der Waals surface area (Å²) in [5.74, 6) is 2.30. The molecule has 0 aliphatic heterocycles. The van der Waals surface area contributed by atoms with Crippen LogP contribution in [0.4, 0.5) is 0 Å². The van der Waals surface area contributed by atoms with E-state index in [4.69, 9.17) is 28.4 Å². The lowest BCUT2D eigenvalue weighted by Gasteiger charge is -2.25. The number of benzene rings is 1. The third kappa shape index (κ3) is 7.43. The highest BCUT2D eigenvalue weighted by atomic mass is 16.7. The highest BCUT2D eigenvalue weighted by Gasteiger charge is 2.19. The average Bonchev–Trinajstić information content (AvgIpc) is 3.55. The number of aromatic hydroxyl groups is 1. The van der Waals surface area contributed by atoms with Gasteiger partial charge in [0.15, 0.2) is 24.1 Å². The number of phenols is 1. The van der Waals surface area contributed by atoms with Gasteiger partial charge in [0.1, 0.15) is 11.6 Å². The van der Waals surface area contributed by atoms with Crippen molar-refractivity contribution in [1.82, 2.24) is 24.0 Å². The minimum absolute atomic E-state index is 0.0401. The SMILES string of the molecule is COc1cc(CN(Cc2nccn2CC(OC)OC)Cc2nccn2CC(OC)OC)cc(OC)c1O. The van der Waals surface area contributed by atoms with Crippen LogP contribution in [0.2, 0.25) is 0 Å². The molecule has 1 N–H and O–H groups in total. The fourth-order valence-electron chi connectivity index (χ4n) is 3.99. The summed E-state index contributed by atoms with van der Waals surface area (Å²) in [5, 5.41) is 10.4. The van der Waals surface area contributed by atoms with Gasteiger partial charge in [-0.3, -0.25) is 4.90 Å². The summed E-state index contributed by atoms with van der Waals surface area (Å²) in [7, 11) is 9.44. The van der Waals surface area contributed by atoms with Crippen molar-refractivity contribution in [2.24, 2.45) is 0 Å². The maximum atomic E-state index is 10.4. The van der Waals surface area contributed by atoms with Gasteiger partial charge in [-0.05, 0) is 17.7 Å². The second kappa shape index (κ2) is 14.0. The highest BCUT2D eigenvalue weighted by Crippen LogP contribution is 2.37. The molecular formula is C25H37N5O7. The molecule has 12 nitrogen and oxygen atoms in total. The van der Waals surface area contributed by atoms with E-state index in [-0.39, 0.29) is 5.75 Å². The number of hydrogen-bond donors (Lipinski definition) is 1. The third-order valence-corrected chi connectivity index (χ3v) is 6.02. The number of nitrogens with zero attached hydrogens (tertiary/aromatic N) is 5. The molecule has 2 heterocycles. The highest BCUT2D eigenvalue weighted by molar-refractivity contribution is 5.52. The molecular weight excluding hydrogens is 482 g/mol. The molecule has 204 valence electrons. The molecule has 2 aromatic heterocycles. The average molecular weight is 520 g/mol. The number of rotatable bonds is 16. The number of phenolic OH excluding ortho intramolecular Hbond substituents is 1.